The standard InChI is InChI=1S/C17H12N2O7S3/c1-25-14-7-10(8-15-16(20)18-17(27)28-15)5-6-13(14)26-29(23,24)12-4-2-3-11(9-12)19(21)22/h2-9H,1H3,(H,18,20,27)/b15-8-. The Morgan fingerprint density at radius 1 is 1.21 bits per heavy atom. The number of rotatable bonds is 6. The number of nitro benzene ring substituents is 1. The summed E-state index contributed by atoms with van der Waals surface area (Å²) in [5.74, 6) is -0.341. The van der Waals surface area contributed by atoms with Crippen molar-refractivity contribution in [3.63, 3.8) is 0 Å². The van der Waals surface area contributed by atoms with E-state index in [9.17, 15) is 23.3 Å². The summed E-state index contributed by atoms with van der Waals surface area (Å²) in [7, 11) is -3.01. The summed E-state index contributed by atoms with van der Waals surface area (Å²) in [6.45, 7) is 0. The number of hydrogen-bond acceptors (Lipinski definition) is 9. The lowest BCUT2D eigenvalue weighted by Crippen LogP contribution is -2.17. The Balaban J connectivity index is 1.90. The maximum atomic E-state index is 12.5. The third kappa shape index (κ3) is 4.72. The Hall–Kier alpha value is -2.96. The first-order chi connectivity index (χ1) is 13.7. The molecule has 12 heteroatoms. The van der Waals surface area contributed by atoms with Gasteiger partial charge in [-0.3, -0.25) is 14.9 Å². The second-order valence-corrected chi connectivity index (χ2v) is 8.82. The van der Waals surface area contributed by atoms with E-state index < -0.39 is 15.0 Å². The highest BCUT2D eigenvalue weighted by Gasteiger charge is 2.24. The van der Waals surface area contributed by atoms with Crippen LogP contribution in [0, 0.1) is 10.1 Å². The highest BCUT2D eigenvalue weighted by Crippen LogP contribution is 2.33. The second kappa shape index (κ2) is 8.19. The molecule has 1 heterocycles. The molecule has 1 saturated heterocycles. The third-order valence-electron chi connectivity index (χ3n) is 3.64. The molecule has 150 valence electrons. The van der Waals surface area contributed by atoms with Gasteiger partial charge in [-0.2, -0.15) is 8.42 Å². The summed E-state index contributed by atoms with van der Waals surface area (Å²) >= 11 is 6.03. The fourth-order valence-corrected chi connectivity index (χ4v) is 4.36. The van der Waals surface area contributed by atoms with Crippen LogP contribution in [0.15, 0.2) is 52.3 Å². The predicted molar refractivity (Wildman–Crippen MR) is 110 cm³/mol. The number of ether oxygens (including phenoxy) is 1. The van der Waals surface area contributed by atoms with E-state index in [4.69, 9.17) is 21.1 Å². The van der Waals surface area contributed by atoms with Crippen molar-refractivity contribution in [2.45, 2.75) is 4.90 Å². The highest BCUT2D eigenvalue weighted by atomic mass is 32.2. The highest BCUT2D eigenvalue weighted by molar-refractivity contribution is 8.26. The number of thiocarbonyl (C=S) groups is 1. The monoisotopic (exact) mass is 452 g/mol. The topological polar surface area (TPSA) is 125 Å². The average molecular weight is 452 g/mol. The summed E-state index contributed by atoms with van der Waals surface area (Å²) in [5, 5.41) is 13.4. The van der Waals surface area contributed by atoms with E-state index in [1.807, 2.05) is 0 Å². The lowest BCUT2D eigenvalue weighted by atomic mass is 10.2. The van der Waals surface area contributed by atoms with Crippen molar-refractivity contribution in [1.82, 2.24) is 5.32 Å². The van der Waals surface area contributed by atoms with Gasteiger partial charge in [0.1, 0.15) is 9.22 Å². The van der Waals surface area contributed by atoms with Crippen molar-refractivity contribution in [3.05, 3.63) is 63.0 Å². The van der Waals surface area contributed by atoms with Crippen molar-refractivity contribution in [2.24, 2.45) is 0 Å². The zero-order valence-corrected chi connectivity index (χ0v) is 17.1. The van der Waals surface area contributed by atoms with Gasteiger partial charge in [-0.25, -0.2) is 0 Å². The molecule has 1 amide bonds. The van der Waals surface area contributed by atoms with Crippen LogP contribution in [0.5, 0.6) is 11.5 Å². The van der Waals surface area contributed by atoms with Gasteiger partial charge >= 0.3 is 10.1 Å². The van der Waals surface area contributed by atoms with Gasteiger partial charge in [0.15, 0.2) is 11.5 Å². The first-order valence-corrected chi connectivity index (χ1v) is 10.4. The molecule has 1 N–H and O–H groups in total. The fourth-order valence-electron chi connectivity index (χ4n) is 2.33. The van der Waals surface area contributed by atoms with E-state index in [0.29, 0.717) is 14.8 Å². The van der Waals surface area contributed by atoms with Gasteiger partial charge in [0, 0.05) is 12.1 Å². The largest absolute Gasteiger partial charge is 0.493 e. The van der Waals surface area contributed by atoms with Crippen LogP contribution in [0.25, 0.3) is 6.08 Å². The molecule has 0 bridgehead atoms. The lowest BCUT2D eigenvalue weighted by molar-refractivity contribution is -0.385. The Morgan fingerprint density at radius 3 is 2.59 bits per heavy atom. The molecular weight excluding hydrogens is 440 g/mol. The maximum absolute atomic E-state index is 12.5. The van der Waals surface area contributed by atoms with Gasteiger partial charge in [0.05, 0.1) is 16.9 Å². The molecule has 0 saturated carbocycles. The third-order valence-corrected chi connectivity index (χ3v) is 6.04. The van der Waals surface area contributed by atoms with E-state index >= 15 is 0 Å². The number of nitro groups is 1. The Labute approximate surface area is 175 Å². The Kier molecular flexibility index (Phi) is 5.86. The van der Waals surface area contributed by atoms with Crippen LogP contribution in [0.4, 0.5) is 5.69 Å². The summed E-state index contributed by atoms with van der Waals surface area (Å²) < 4.78 is 35.6. The van der Waals surface area contributed by atoms with E-state index in [1.54, 1.807) is 6.08 Å². The number of nitrogens with one attached hydrogen (secondary N) is 1. The van der Waals surface area contributed by atoms with Crippen molar-refractivity contribution in [2.75, 3.05) is 7.11 Å². The number of methoxy groups -OCH3 is 1. The molecule has 0 unspecified atom stereocenters. The van der Waals surface area contributed by atoms with Gasteiger partial charge in [0.25, 0.3) is 11.6 Å². The molecule has 1 fully saturated rings. The van der Waals surface area contributed by atoms with E-state index in [0.717, 1.165) is 17.8 Å². The van der Waals surface area contributed by atoms with E-state index in [-0.39, 0.29) is 28.0 Å². The number of non-ortho nitro benzene ring substituents is 1. The summed E-state index contributed by atoms with van der Waals surface area (Å²) in [6, 6.07) is 8.88. The van der Waals surface area contributed by atoms with Crippen LogP contribution in [-0.4, -0.2) is 30.7 Å². The zero-order chi connectivity index (χ0) is 21.2. The molecule has 0 spiro atoms. The van der Waals surface area contributed by atoms with Crippen LogP contribution < -0.4 is 14.2 Å². The zero-order valence-electron chi connectivity index (χ0n) is 14.6. The van der Waals surface area contributed by atoms with Crippen molar-refractivity contribution < 1.29 is 27.1 Å². The van der Waals surface area contributed by atoms with Gasteiger partial charge in [0.2, 0.25) is 0 Å². The molecule has 29 heavy (non-hydrogen) atoms. The second-order valence-electron chi connectivity index (χ2n) is 5.55. The van der Waals surface area contributed by atoms with E-state index in [2.05, 4.69) is 5.32 Å². The van der Waals surface area contributed by atoms with Crippen molar-refractivity contribution in [1.29, 1.82) is 0 Å². The van der Waals surface area contributed by atoms with Crippen LogP contribution in [0.1, 0.15) is 5.56 Å². The average Bonchev–Trinajstić information content (AvgIpc) is 2.99. The molecule has 2 aromatic rings. The summed E-state index contributed by atoms with van der Waals surface area (Å²) in [5.41, 5.74) is 0.179. The Bertz CT molecular complexity index is 1160. The molecule has 1 aliphatic rings. The molecule has 0 aliphatic carbocycles. The molecule has 0 atom stereocenters. The van der Waals surface area contributed by atoms with Crippen LogP contribution in [-0.2, 0) is 14.9 Å². The minimum absolute atomic E-state index is 0.0966. The number of nitrogens with zero attached hydrogens (tertiary/aromatic N) is 1. The molecule has 2 aromatic carbocycles. The molecule has 0 radical (unpaired) electrons. The SMILES string of the molecule is COc1cc(/C=C2\SC(=S)NC2=O)ccc1OS(=O)(=O)c1cccc([N+](=O)[O-])c1. The van der Waals surface area contributed by atoms with E-state index in [1.165, 1.54) is 43.5 Å². The van der Waals surface area contributed by atoms with Crippen molar-refractivity contribution >= 4 is 56.1 Å². The quantitative estimate of drug-likeness (QED) is 0.231. The maximum Gasteiger partial charge on any atom is 0.339 e. The number of carbonyl (C=O) groups excluding carboxylic acids is 1. The van der Waals surface area contributed by atoms with Crippen LogP contribution in [0.3, 0.4) is 0 Å². The number of amides is 1. The lowest BCUT2D eigenvalue weighted by Gasteiger charge is -2.11. The van der Waals surface area contributed by atoms with Gasteiger partial charge < -0.3 is 14.2 Å². The van der Waals surface area contributed by atoms with Crippen LogP contribution in [0.2, 0.25) is 0 Å². The fraction of sp³-hybridized carbons (Fsp3) is 0.0588. The van der Waals surface area contributed by atoms with Gasteiger partial charge in [-0.05, 0) is 29.8 Å². The minimum Gasteiger partial charge on any atom is -0.493 e. The first kappa shape index (κ1) is 20.8. The van der Waals surface area contributed by atoms with Crippen molar-refractivity contribution in [3.8, 4) is 11.5 Å². The van der Waals surface area contributed by atoms with Gasteiger partial charge in [-0.1, -0.05) is 36.1 Å². The smallest absolute Gasteiger partial charge is 0.339 e. The Morgan fingerprint density at radius 2 is 1.97 bits per heavy atom. The molecule has 0 aromatic heterocycles. The number of hydrogen-bond donors (Lipinski definition) is 1. The van der Waals surface area contributed by atoms with Crippen LogP contribution >= 0.6 is 24.0 Å². The predicted octanol–water partition coefficient (Wildman–Crippen LogP) is 2.86. The molecule has 3 rings (SSSR count). The van der Waals surface area contributed by atoms with Gasteiger partial charge in [-0.15, -0.1) is 0 Å². The molecule has 9 nitrogen and oxygen atoms in total. The summed E-state index contributed by atoms with van der Waals surface area (Å²) in [4.78, 5) is 21.9. The minimum atomic E-state index is -4.34. The number of thioether (sulfide) groups is 1. The molecule has 1 aliphatic heterocycles. The number of benzene rings is 2. The first-order valence-electron chi connectivity index (χ1n) is 7.81. The normalized spacial score (nSPS) is 15.3. The summed E-state index contributed by atoms with van der Waals surface area (Å²) in [6.07, 6.45) is 1.57. The number of carbonyl (C=O) groups is 1. The molecular formula is C17H12N2O7S3.